The van der Waals surface area contributed by atoms with E-state index in [2.05, 4.69) is 10.6 Å². The second-order valence-corrected chi connectivity index (χ2v) is 10.4. The van der Waals surface area contributed by atoms with Crippen LogP contribution in [-0.2, 0) is 9.59 Å². The fraction of sp³-hybridized carbons (Fsp3) is 0.273. The second-order valence-electron chi connectivity index (χ2n) is 10.4. The molecule has 3 aromatic carbocycles. The Kier molecular flexibility index (Phi) is 7.24. The Labute approximate surface area is 244 Å². The number of dihydropyridines is 1. The number of para-hydroxylation sites is 2. The van der Waals surface area contributed by atoms with Gasteiger partial charge in [-0.2, -0.15) is 0 Å². The minimum Gasteiger partial charge on any atom is -0.495 e. The molecule has 0 saturated heterocycles. The van der Waals surface area contributed by atoms with Crippen molar-refractivity contribution in [1.82, 2.24) is 5.32 Å². The van der Waals surface area contributed by atoms with Gasteiger partial charge < -0.3 is 34.3 Å². The molecule has 0 radical (unpaired) electrons. The lowest BCUT2D eigenvalue weighted by molar-refractivity contribution is -0.116. The van der Waals surface area contributed by atoms with Crippen LogP contribution in [0.2, 0.25) is 0 Å². The summed E-state index contributed by atoms with van der Waals surface area (Å²) in [4.78, 5) is 28.0. The zero-order chi connectivity index (χ0) is 29.4. The van der Waals surface area contributed by atoms with Gasteiger partial charge in [0, 0.05) is 34.9 Å². The number of hydrogen-bond acceptors (Lipinski definition) is 8. The van der Waals surface area contributed by atoms with Crippen LogP contribution >= 0.6 is 0 Å². The zero-order valence-electron chi connectivity index (χ0n) is 23.9. The smallest absolute Gasteiger partial charge is 0.254 e. The van der Waals surface area contributed by atoms with Gasteiger partial charge in [0.25, 0.3) is 5.91 Å². The van der Waals surface area contributed by atoms with Gasteiger partial charge in [-0.1, -0.05) is 24.3 Å². The summed E-state index contributed by atoms with van der Waals surface area (Å²) in [6, 6.07) is 18.6. The van der Waals surface area contributed by atoms with Crippen molar-refractivity contribution < 1.29 is 33.3 Å². The molecule has 0 aromatic heterocycles. The van der Waals surface area contributed by atoms with E-state index >= 15 is 0 Å². The average Bonchev–Trinajstić information content (AvgIpc) is 3.48. The lowest BCUT2D eigenvalue weighted by Gasteiger charge is -2.37. The molecule has 9 heteroatoms. The Morgan fingerprint density at radius 1 is 0.857 bits per heavy atom. The highest BCUT2D eigenvalue weighted by atomic mass is 16.7. The van der Waals surface area contributed by atoms with Gasteiger partial charge in [-0.3, -0.25) is 9.59 Å². The molecule has 42 heavy (non-hydrogen) atoms. The summed E-state index contributed by atoms with van der Waals surface area (Å²) in [5, 5.41) is 6.44. The maximum atomic E-state index is 14.1. The Hall–Kier alpha value is -4.92. The summed E-state index contributed by atoms with van der Waals surface area (Å²) in [6.45, 7) is 1.99. The molecule has 1 amide bonds. The number of ketones is 1. The third-order valence-corrected chi connectivity index (χ3v) is 8.04. The molecule has 2 aliphatic heterocycles. The lowest BCUT2D eigenvalue weighted by Crippen LogP contribution is -2.37. The number of fused-ring (bicyclic) bond motifs is 1. The molecule has 0 bridgehead atoms. The van der Waals surface area contributed by atoms with Gasteiger partial charge in [0.15, 0.2) is 28.8 Å². The van der Waals surface area contributed by atoms with Crippen molar-refractivity contribution in [2.24, 2.45) is 0 Å². The van der Waals surface area contributed by atoms with Gasteiger partial charge in [-0.15, -0.1) is 0 Å². The number of rotatable bonds is 7. The number of ether oxygens (including phenoxy) is 5. The van der Waals surface area contributed by atoms with Crippen LogP contribution in [0.4, 0.5) is 5.69 Å². The van der Waals surface area contributed by atoms with Crippen LogP contribution in [0.5, 0.6) is 28.7 Å². The first-order chi connectivity index (χ1) is 20.4. The highest BCUT2D eigenvalue weighted by molar-refractivity contribution is 6.10. The van der Waals surface area contributed by atoms with E-state index in [0.29, 0.717) is 57.7 Å². The van der Waals surface area contributed by atoms with E-state index < -0.39 is 5.92 Å². The van der Waals surface area contributed by atoms with Crippen LogP contribution in [-0.4, -0.2) is 39.8 Å². The van der Waals surface area contributed by atoms with Crippen molar-refractivity contribution >= 4 is 17.4 Å². The molecular weight excluding hydrogens is 536 g/mol. The van der Waals surface area contributed by atoms with Crippen molar-refractivity contribution in [3.8, 4) is 28.7 Å². The van der Waals surface area contributed by atoms with Crippen molar-refractivity contribution in [3.05, 3.63) is 94.3 Å². The maximum Gasteiger partial charge on any atom is 0.254 e. The van der Waals surface area contributed by atoms with Crippen LogP contribution in [0.15, 0.2) is 83.2 Å². The minimum absolute atomic E-state index is 0.0266. The molecule has 3 aromatic rings. The van der Waals surface area contributed by atoms with Gasteiger partial charge in [0.1, 0.15) is 5.75 Å². The first kappa shape index (κ1) is 27.3. The number of hydrogen-bond donors (Lipinski definition) is 2. The van der Waals surface area contributed by atoms with Crippen LogP contribution < -0.4 is 34.3 Å². The average molecular weight is 569 g/mol. The SMILES string of the molecule is COc1ccccc1NC(=O)C1=C(C)NC2=C(C(=O)C[C@@H](c3ccc(OC)c(OC)c3)C2)[C@@H]1c1ccc2c(c1)OCO2. The highest BCUT2D eigenvalue weighted by Gasteiger charge is 2.41. The number of methoxy groups -OCH3 is 3. The van der Waals surface area contributed by atoms with Gasteiger partial charge >= 0.3 is 0 Å². The molecule has 0 fully saturated rings. The number of amides is 1. The predicted molar refractivity (Wildman–Crippen MR) is 156 cm³/mol. The number of Topliss-reactive ketones (excluding diaryl/α,β-unsaturated/α-hetero) is 1. The molecular formula is C33H32N2O7. The highest BCUT2D eigenvalue weighted by Crippen LogP contribution is 2.48. The maximum absolute atomic E-state index is 14.1. The summed E-state index contributed by atoms with van der Waals surface area (Å²) in [5.41, 5.74) is 4.81. The van der Waals surface area contributed by atoms with E-state index in [9.17, 15) is 9.59 Å². The van der Waals surface area contributed by atoms with Gasteiger partial charge in [-0.25, -0.2) is 0 Å². The number of carbonyl (C=O) groups excluding carboxylic acids is 2. The lowest BCUT2D eigenvalue weighted by atomic mass is 9.71. The summed E-state index contributed by atoms with van der Waals surface area (Å²) >= 11 is 0. The van der Waals surface area contributed by atoms with E-state index in [1.54, 1.807) is 33.5 Å². The molecule has 6 rings (SSSR count). The topological polar surface area (TPSA) is 104 Å². The molecule has 3 aliphatic rings. The monoisotopic (exact) mass is 568 g/mol. The van der Waals surface area contributed by atoms with Crippen LogP contribution in [0.3, 0.4) is 0 Å². The quantitative estimate of drug-likeness (QED) is 0.388. The van der Waals surface area contributed by atoms with Crippen LogP contribution in [0.25, 0.3) is 0 Å². The fourth-order valence-corrected chi connectivity index (χ4v) is 6.05. The molecule has 0 unspecified atom stereocenters. The van der Waals surface area contributed by atoms with Gasteiger partial charge in [0.05, 0.1) is 27.0 Å². The largest absolute Gasteiger partial charge is 0.495 e. The first-order valence-corrected chi connectivity index (χ1v) is 13.7. The molecule has 0 spiro atoms. The molecule has 1 aliphatic carbocycles. The van der Waals surface area contributed by atoms with Crippen molar-refractivity contribution in [1.29, 1.82) is 0 Å². The number of nitrogens with one attached hydrogen (secondary N) is 2. The van der Waals surface area contributed by atoms with E-state index in [0.717, 1.165) is 16.8 Å². The molecule has 9 nitrogen and oxygen atoms in total. The third-order valence-electron chi connectivity index (χ3n) is 8.04. The molecule has 2 N–H and O–H groups in total. The van der Waals surface area contributed by atoms with Gasteiger partial charge in [0.2, 0.25) is 6.79 Å². The Morgan fingerprint density at radius 3 is 2.38 bits per heavy atom. The summed E-state index contributed by atoms with van der Waals surface area (Å²) in [6.07, 6.45) is 0.883. The summed E-state index contributed by atoms with van der Waals surface area (Å²) in [7, 11) is 4.75. The standard InChI is InChI=1S/C33H32N2O7/c1-18-30(33(37)35-22-7-5-6-8-25(22)38-2)31(20-10-12-27-29(16-20)42-17-41-27)32-23(34-18)13-21(14-24(32)36)19-9-11-26(39-3)28(15-19)40-4/h5-12,15-16,21,31,34H,13-14,17H2,1-4H3,(H,35,37)/t21-,31+/m0/s1. The molecule has 2 atom stereocenters. The normalized spacial score (nSPS) is 19.2. The molecule has 0 saturated carbocycles. The van der Waals surface area contributed by atoms with Gasteiger partial charge in [-0.05, 0) is 66.8 Å². The van der Waals surface area contributed by atoms with E-state index in [4.69, 9.17) is 23.7 Å². The predicted octanol–water partition coefficient (Wildman–Crippen LogP) is 5.44. The minimum atomic E-state index is -0.607. The second kappa shape index (κ2) is 11.2. The van der Waals surface area contributed by atoms with Crippen LogP contribution in [0, 0.1) is 0 Å². The number of benzene rings is 3. The summed E-state index contributed by atoms with van der Waals surface area (Å²) < 4.78 is 27.6. The first-order valence-electron chi connectivity index (χ1n) is 13.7. The number of allylic oxidation sites excluding steroid dienone is 3. The number of carbonyl (C=O) groups is 2. The van der Waals surface area contributed by atoms with Crippen molar-refractivity contribution in [2.45, 2.75) is 31.6 Å². The van der Waals surface area contributed by atoms with Crippen molar-refractivity contribution in [3.63, 3.8) is 0 Å². The molecule has 216 valence electrons. The Morgan fingerprint density at radius 2 is 1.60 bits per heavy atom. The Bertz CT molecular complexity index is 1640. The Balaban J connectivity index is 1.41. The van der Waals surface area contributed by atoms with Crippen molar-refractivity contribution in [2.75, 3.05) is 33.4 Å². The number of anilines is 1. The fourth-order valence-electron chi connectivity index (χ4n) is 6.05. The van der Waals surface area contributed by atoms with E-state index in [1.165, 1.54) is 0 Å². The summed E-state index contributed by atoms with van der Waals surface area (Å²) in [5.74, 6) is 1.97. The van der Waals surface area contributed by atoms with Crippen LogP contribution in [0.1, 0.15) is 42.7 Å². The van der Waals surface area contributed by atoms with E-state index in [-0.39, 0.29) is 30.8 Å². The third kappa shape index (κ3) is 4.81. The zero-order valence-corrected chi connectivity index (χ0v) is 23.9. The van der Waals surface area contributed by atoms with E-state index in [1.807, 2.05) is 55.5 Å². The molecule has 2 heterocycles.